The van der Waals surface area contributed by atoms with Gasteiger partial charge in [0.25, 0.3) is 5.91 Å². The van der Waals surface area contributed by atoms with Crippen LogP contribution in [0.2, 0.25) is 5.02 Å². The average Bonchev–Trinajstić information content (AvgIpc) is 2.95. The van der Waals surface area contributed by atoms with E-state index in [1.807, 2.05) is 4.90 Å². The van der Waals surface area contributed by atoms with Crippen molar-refractivity contribution < 1.29 is 14.3 Å². The Balaban J connectivity index is 1.72. The molecule has 0 bridgehead atoms. The van der Waals surface area contributed by atoms with E-state index in [-0.39, 0.29) is 11.5 Å². The molecule has 0 N–H and O–H groups in total. The van der Waals surface area contributed by atoms with E-state index in [4.69, 9.17) is 21.1 Å². The molecule has 1 aromatic rings. The van der Waals surface area contributed by atoms with Gasteiger partial charge < -0.3 is 14.4 Å². The predicted molar refractivity (Wildman–Crippen MR) is 81.1 cm³/mol. The normalized spacial score (nSPS) is 20.8. The number of methoxy groups -OCH3 is 1. The molecule has 5 heteroatoms. The van der Waals surface area contributed by atoms with Gasteiger partial charge in [0.05, 0.1) is 18.3 Å². The number of hydrogen-bond donors (Lipinski definition) is 0. The second-order valence-electron chi connectivity index (χ2n) is 5.77. The number of ether oxygens (including phenoxy) is 2. The van der Waals surface area contributed by atoms with Gasteiger partial charge in [0.1, 0.15) is 5.75 Å². The summed E-state index contributed by atoms with van der Waals surface area (Å²) in [4.78, 5) is 14.5. The lowest BCUT2D eigenvalue weighted by molar-refractivity contribution is -0.0387. The number of likely N-dealkylation sites (tertiary alicyclic amines) is 1. The fourth-order valence-electron chi connectivity index (χ4n) is 3.28. The van der Waals surface area contributed by atoms with Crippen LogP contribution in [0.5, 0.6) is 5.75 Å². The number of carbonyl (C=O) groups excluding carboxylic acids is 1. The van der Waals surface area contributed by atoms with Crippen LogP contribution in [-0.4, -0.2) is 43.2 Å². The lowest BCUT2D eigenvalue weighted by atomic mass is 9.88. The minimum Gasteiger partial charge on any atom is -0.496 e. The van der Waals surface area contributed by atoms with Gasteiger partial charge in [-0.15, -0.1) is 0 Å². The summed E-state index contributed by atoms with van der Waals surface area (Å²) in [6, 6.07) is 5.14. The van der Waals surface area contributed by atoms with Crippen molar-refractivity contribution in [1.82, 2.24) is 4.90 Å². The Kier molecular flexibility index (Phi) is 4.09. The van der Waals surface area contributed by atoms with Gasteiger partial charge in [-0.05, 0) is 43.9 Å². The number of piperidine rings is 1. The zero-order chi connectivity index (χ0) is 14.9. The van der Waals surface area contributed by atoms with Crippen molar-refractivity contribution in [3.05, 3.63) is 28.8 Å². The van der Waals surface area contributed by atoms with Crippen LogP contribution in [0.3, 0.4) is 0 Å². The largest absolute Gasteiger partial charge is 0.496 e. The highest BCUT2D eigenvalue weighted by Gasteiger charge is 2.39. The number of carbonyl (C=O) groups is 1. The molecule has 3 rings (SSSR count). The molecule has 2 aliphatic rings. The van der Waals surface area contributed by atoms with E-state index >= 15 is 0 Å². The molecule has 0 aliphatic carbocycles. The van der Waals surface area contributed by atoms with Crippen LogP contribution < -0.4 is 4.74 Å². The maximum absolute atomic E-state index is 12.7. The Labute approximate surface area is 130 Å². The van der Waals surface area contributed by atoms with E-state index in [0.29, 0.717) is 16.3 Å². The molecular formula is C16H20ClNO3. The van der Waals surface area contributed by atoms with E-state index in [9.17, 15) is 4.79 Å². The van der Waals surface area contributed by atoms with Crippen molar-refractivity contribution in [1.29, 1.82) is 0 Å². The van der Waals surface area contributed by atoms with Crippen LogP contribution in [0.4, 0.5) is 0 Å². The molecule has 2 aliphatic heterocycles. The van der Waals surface area contributed by atoms with Crippen LogP contribution in [0.15, 0.2) is 18.2 Å². The van der Waals surface area contributed by atoms with Gasteiger partial charge in [-0.2, -0.15) is 0 Å². The fraction of sp³-hybridized carbons (Fsp3) is 0.562. The van der Waals surface area contributed by atoms with E-state index in [1.54, 1.807) is 25.3 Å². The van der Waals surface area contributed by atoms with Crippen molar-refractivity contribution in [2.45, 2.75) is 31.3 Å². The summed E-state index contributed by atoms with van der Waals surface area (Å²) < 4.78 is 11.2. The molecule has 2 heterocycles. The van der Waals surface area contributed by atoms with E-state index in [2.05, 4.69) is 0 Å². The summed E-state index contributed by atoms with van der Waals surface area (Å²) in [6.07, 6.45) is 4.11. The fourth-order valence-corrected chi connectivity index (χ4v) is 3.44. The molecule has 2 saturated heterocycles. The number of hydrogen-bond acceptors (Lipinski definition) is 3. The third-order valence-electron chi connectivity index (χ3n) is 4.54. The smallest absolute Gasteiger partial charge is 0.257 e. The molecule has 0 aromatic heterocycles. The van der Waals surface area contributed by atoms with E-state index < -0.39 is 0 Å². The first-order valence-electron chi connectivity index (χ1n) is 7.40. The summed E-state index contributed by atoms with van der Waals surface area (Å²) in [6.45, 7) is 2.34. The Morgan fingerprint density at radius 1 is 1.33 bits per heavy atom. The van der Waals surface area contributed by atoms with Gasteiger partial charge in [0.15, 0.2) is 0 Å². The molecule has 0 saturated carbocycles. The molecule has 2 fully saturated rings. The average molecular weight is 310 g/mol. The lowest BCUT2D eigenvalue weighted by Gasteiger charge is -2.38. The maximum atomic E-state index is 12.7. The van der Waals surface area contributed by atoms with Crippen LogP contribution in [-0.2, 0) is 4.74 Å². The predicted octanol–water partition coefficient (Wildman–Crippen LogP) is 3.13. The van der Waals surface area contributed by atoms with E-state index in [0.717, 1.165) is 45.4 Å². The minimum absolute atomic E-state index is 0.0105. The first-order valence-corrected chi connectivity index (χ1v) is 7.78. The molecule has 0 radical (unpaired) electrons. The van der Waals surface area contributed by atoms with Crippen LogP contribution in [0.25, 0.3) is 0 Å². The van der Waals surface area contributed by atoms with Crippen molar-refractivity contribution in [2.75, 3.05) is 26.8 Å². The number of halogens is 1. The van der Waals surface area contributed by atoms with Crippen LogP contribution in [0, 0.1) is 0 Å². The molecule has 0 unspecified atom stereocenters. The van der Waals surface area contributed by atoms with Gasteiger partial charge in [0, 0.05) is 24.7 Å². The Hall–Kier alpha value is -1.26. The first kappa shape index (κ1) is 14.7. The van der Waals surface area contributed by atoms with Crippen molar-refractivity contribution in [2.24, 2.45) is 0 Å². The van der Waals surface area contributed by atoms with Crippen molar-refractivity contribution in [3.8, 4) is 5.75 Å². The molecule has 4 nitrogen and oxygen atoms in total. The maximum Gasteiger partial charge on any atom is 0.257 e. The Bertz CT molecular complexity index is 530. The van der Waals surface area contributed by atoms with Crippen LogP contribution in [0.1, 0.15) is 36.0 Å². The highest BCUT2D eigenvalue weighted by molar-refractivity contribution is 6.30. The topological polar surface area (TPSA) is 38.8 Å². The minimum atomic E-state index is 0.0105. The Morgan fingerprint density at radius 3 is 2.71 bits per heavy atom. The molecule has 114 valence electrons. The van der Waals surface area contributed by atoms with Gasteiger partial charge in [-0.25, -0.2) is 0 Å². The summed E-state index contributed by atoms with van der Waals surface area (Å²) >= 11 is 5.95. The second kappa shape index (κ2) is 5.85. The Morgan fingerprint density at radius 2 is 2.10 bits per heavy atom. The van der Waals surface area contributed by atoms with Gasteiger partial charge in [0.2, 0.25) is 0 Å². The third kappa shape index (κ3) is 2.87. The van der Waals surface area contributed by atoms with Crippen LogP contribution >= 0.6 is 11.6 Å². The highest BCUT2D eigenvalue weighted by Crippen LogP contribution is 2.36. The molecule has 1 amide bonds. The van der Waals surface area contributed by atoms with Crippen molar-refractivity contribution in [3.63, 3.8) is 0 Å². The van der Waals surface area contributed by atoms with Gasteiger partial charge >= 0.3 is 0 Å². The molecule has 0 atom stereocenters. The molecule has 1 spiro atoms. The summed E-state index contributed by atoms with van der Waals surface area (Å²) in [5, 5.41) is 0.570. The molecule has 1 aromatic carbocycles. The summed E-state index contributed by atoms with van der Waals surface area (Å²) in [5.74, 6) is 0.543. The molecular weight excluding hydrogens is 290 g/mol. The summed E-state index contributed by atoms with van der Waals surface area (Å²) in [7, 11) is 1.56. The lowest BCUT2D eigenvalue weighted by Crippen LogP contribution is -2.46. The standard InChI is InChI=1S/C16H20ClNO3/c1-20-14-11-12(17)3-4-13(14)15(19)18-8-6-16(7-9-18)5-2-10-21-16/h3-4,11H,2,5-10H2,1H3. The second-order valence-corrected chi connectivity index (χ2v) is 6.21. The quantitative estimate of drug-likeness (QED) is 0.842. The number of amides is 1. The number of rotatable bonds is 2. The SMILES string of the molecule is COc1cc(Cl)ccc1C(=O)N1CCC2(CCCO2)CC1. The highest BCUT2D eigenvalue weighted by atomic mass is 35.5. The van der Waals surface area contributed by atoms with Gasteiger partial charge in [-0.1, -0.05) is 11.6 Å². The first-order chi connectivity index (χ1) is 10.1. The number of benzene rings is 1. The zero-order valence-corrected chi connectivity index (χ0v) is 13.0. The monoisotopic (exact) mass is 309 g/mol. The zero-order valence-electron chi connectivity index (χ0n) is 12.2. The molecule has 21 heavy (non-hydrogen) atoms. The van der Waals surface area contributed by atoms with Gasteiger partial charge in [-0.3, -0.25) is 4.79 Å². The summed E-state index contributed by atoms with van der Waals surface area (Å²) in [5.41, 5.74) is 0.603. The number of nitrogens with zero attached hydrogens (tertiary/aromatic N) is 1. The van der Waals surface area contributed by atoms with E-state index in [1.165, 1.54) is 0 Å². The third-order valence-corrected chi connectivity index (χ3v) is 4.78. The van der Waals surface area contributed by atoms with Crippen molar-refractivity contribution >= 4 is 17.5 Å².